The standard InChI is InChI=1S/C26H34BrN6O2P/c1-17-7-8-20(24(13-17)36(5,6)34)29-25-19(27)16-28-26(31-25)30-21-14-18(2)22(15-23(21)35-4)33-11-9-32(3)10-12-33/h7-8,13-16H,9-12H2,1-6H3,(H2,28,29,30,31). The van der Waals surface area contributed by atoms with E-state index < -0.39 is 7.14 Å². The molecule has 0 amide bonds. The molecular weight excluding hydrogens is 539 g/mol. The number of halogens is 1. The Kier molecular flexibility index (Phi) is 7.93. The molecule has 3 aromatic rings. The summed E-state index contributed by atoms with van der Waals surface area (Å²) in [5, 5.41) is 7.45. The Morgan fingerprint density at radius 1 is 1.03 bits per heavy atom. The molecule has 0 radical (unpaired) electrons. The van der Waals surface area contributed by atoms with Gasteiger partial charge in [0.1, 0.15) is 18.7 Å². The van der Waals surface area contributed by atoms with Gasteiger partial charge in [0.2, 0.25) is 5.95 Å². The maximum Gasteiger partial charge on any atom is 0.229 e. The minimum atomic E-state index is -2.50. The summed E-state index contributed by atoms with van der Waals surface area (Å²) in [4.78, 5) is 13.9. The average molecular weight is 573 g/mol. The number of hydrogen-bond acceptors (Lipinski definition) is 8. The zero-order valence-corrected chi connectivity index (χ0v) is 24.2. The van der Waals surface area contributed by atoms with E-state index in [1.165, 1.54) is 5.69 Å². The van der Waals surface area contributed by atoms with Crippen molar-refractivity contribution < 1.29 is 9.30 Å². The Morgan fingerprint density at radius 3 is 2.42 bits per heavy atom. The second kappa shape index (κ2) is 10.8. The number of methoxy groups -OCH3 is 1. The smallest absolute Gasteiger partial charge is 0.229 e. The van der Waals surface area contributed by atoms with Crippen LogP contribution in [-0.2, 0) is 4.57 Å². The van der Waals surface area contributed by atoms with Crippen LogP contribution in [0.25, 0.3) is 0 Å². The van der Waals surface area contributed by atoms with Crippen LogP contribution in [0.4, 0.5) is 28.8 Å². The fraction of sp³-hybridized carbons (Fsp3) is 0.385. The fourth-order valence-electron chi connectivity index (χ4n) is 4.29. The Balaban J connectivity index is 1.61. The van der Waals surface area contributed by atoms with Gasteiger partial charge in [-0.1, -0.05) is 11.6 Å². The van der Waals surface area contributed by atoms with Gasteiger partial charge < -0.3 is 29.7 Å². The summed E-state index contributed by atoms with van der Waals surface area (Å²) >= 11 is 3.54. The van der Waals surface area contributed by atoms with Crippen molar-refractivity contribution in [2.24, 2.45) is 0 Å². The number of rotatable bonds is 7. The van der Waals surface area contributed by atoms with Crippen LogP contribution in [0.1, 0.15) is 11.1 Å². The first-order valence-corrected chi connectivity index (χ1v) is 15.3. The summed E-state index contributed by atoms with van der Waals surface area (Å²) in [5.41, 5.74) is 4.96. The molecule has 0 saturated carbocycles. The lowest BCUT2D eigenvalue weighted by Gasteiger charge is -2.35. The zero-order valence-electron chi connectivity index (χ0n) is 21.7. The molecule has 36 heavy (non-hydrogen) atoms. The average Bonchev–Trinajstić information content (AvgIpc) is 2.82. The molecule has 10 heteroatoms. The van der Waals surface area contributed by atoms with Gasteiger partial charge in [-0.05, 0) is 73.9 Å². The highest BCUT2D eigenvalue weighted by Crippen LogP contribution is 2.39. The van der Waals surface area contributed by atoms with E-state index >= 15 is 0 Å². The van der Waals surface area contributed by atoms with E-state index in [0.29, 0.717) is 16.2 Å². The normalized spacial score (nSPS) is 14.6. The fourth-order valence-corrected chi connectivity index (χ4v) is 5.80. The van der Waals surface area contributed by atoms with Crippen molar-refractivity contribution in [1.29, 1.82) is 0 Å². The molecule has 1 saturated heterocycles. The van der Waals surface area contributed by atoms with Gasteiger partial charge in [-0.15, -0.1) is 0 Å². The summed E-state index contributed by atoms with van der Waals surface area (Å²) < 4.78 is 19.3. The van der Waals surface area contributed by atoms with Crippen molar-refractivity contribution >= 4 is 57.2 Å². The lowest BCUT2D eigenvalue weighted by atomic mass is 10.1. The molecule has 2 N–H and O–H groups in total. The van der Waals surface area contributed by atoms with E-state index in [0.717, 1.165) is 59.7 Å². The van der Waals surface area contributed by atoms with Crippen LogP contribution < -0.4 is 25.6 Å². The third-order valence-electron chi connectivity index (χ3n) is 6.34. The number of nitrogens with one attached hydrogen (secondary N) is 2. The molecular formula is C26H34BrN6O2P. The number of aryl methyl sites for hydroxylation is 2. The number of aromatic nitrogens is 2. The van der Waals surface area contributed by atoms with Crippen molar-refractivity contribution in [3.05, 3.63) is 52.1 Å². The van der Waals surface area contributed by atoms with E-state index in [-0.39, 0.29) is 0 Å². The molecule has 0 aliphatic carbocycles. The number of anilines is 5. The summed E-state index contributed by atoms with van der Waals surface area (Å²) in [5.74, 6) is 1.74. The molecule has 2 heterocycles. The quantitative estimate of drug-likeness (QED) is 0.366. The second-order valence-electron chi connectivity index (χ2n) is 9.64. The van der Waals surface area contributed by atoms with Crippen LogP contribution >= 0.6 is 23.1 Å². The van der Waals surface area contributed by atoms with Gasteiger partial charge in [0, 0.05) is 49.4 Å². The number of nitrogens with zero attached hydrogens (tertiary/aromatic N) is 4. The zero-order chi connectivity index (χ0) is 26.0. The Hall–Kier alpha value is -2.61. The predicted molar refractivity (Wildman–Crippen MR) is 154 cm³/mol. The van der Waals surface area contributed by atoms with Crippen LogP contribution in [0.3, 0.4) is 0 Å². The highest BCUT2D eigenvalue weighted by atomic mass is 79.9. The van der Waals surface area contributed by atoms with Crippen molar-refractivity contribution in [1.82, 2.24) is 14.9 Å². The van der Waals surface area contributed by atoms with Crippen LogP contribution in [0.2, 0.25) is 0 Å². The molecule has 0 unspecified atom stereocenters. The number of hydrogen-bond donors (Lipinski definition) is 2. The highest BCUT2D eigenvalue weighted by Gasteiger charge is 2.20. The molecule has 1 aliphatic heterocycles. The van der Waals surface area contributed by atoms with Crippen LogP contribution in [0, 0.1) is 13.8 Å². The maximum atomic E-state index is 12.9. The van der Waals surface area contributed by atoms with E-state index in [4.69, 9.17) is 9.72 Å². The summed E-state index contributed by atoms with van der Waals surface area (Å²) in [6, 6.07) is 10.1. The minimum absolute atomic E-state index is 0.426. The topological polar surface area (TPSA) is 82.6 Å². The summed E-state index contributed by atoms with van der Waals surface area (Å²) in [6.45, 7) is 11.7. The van der Waals surface area contributed by atoms with Crippen LogP contribution in [-0.4, -0.2) is 68.5 Å². The van der Waals surface area contributed by atoms with Gasteiger partial charge in [0.25, 0.3) is 0 Å². The van der Waals surface area contributed by atoms with E-state index in [1.54, 1.807) is 26.6 Å². The van der Waals surface area contributed by atoms with E-state index in [9.17, 15) is 4.57 Å². The molecule has 1 aromatic heterocycles. The molecule has 2 aromatic carbocycles. The van der Waals surface area contributed by atoms with E-state index in [1.807, 2.05) is 25.1 Å². The largest absolute Gasteiger partial charge is 0.494 e. The molecule has 192 valence electrons. The molecule has 1 aliphatic rings. The third kappa shape index (κ3) is 6.02. The molecule has 0 spiro atoms. The molecule has 8 nitrogen and oxygen atoms in total. The van der Waals surface area contributed by atoms with Crippen molar-refractivity contribution in [3.8, 4) is 5.75 Å². The number of piperazine rings is 1. The molecule has 0 atom stereocenters. The lowest BCUT2D eigenvalue weighted by Crippen LogP contribution is -2.44. The van der Waals surface area contributed by atoms with Crippen LogP contribution in [0.15, 0.2) is 41.0 Å². The molecule has 0 bridgehead atoms. The third-order valence-corrected chi connectivity index (χ3v) is 8.45. The van der Waals surface area contributed by atoms with E-state index in [2.05, 4.69) is 67.5 Å². The van der Waals surface area contributed by atoms with Crippen molar-refractivity contribution in [2.45, 2.75) is 13.8 Å². The Morgan fingerprint density at radius 2 is 1.75 bits per heavy atom. The first-order chi connectivity index (χ1) is 17.0. The Labute approximate surface area is 222 Å². The van der Waals surface area contributed by atoms with Gasteiger partial charge in [-0.3, -0.25) is 0 Å². The minimum Gasteiger partial charge on any atom is -0.494 e. The number of likely N-dealkylation sites (N-methyl/N-ethyl adjacent to an activating group) is 1. The predicted octanol–water partition coefficient (Wildman–Crippen LogP) is 5.35. The van der Waals surface area contributed by atoms with Crippen LogP contribution in [0.5, 0.6) is 5.75 Å². The summed E-state index contributed by atoms with van der Waals surface area (Å²) in [6.07, 6.45) is 1.70. The second-order valence-corrected chi connectivity index (χ2v) is 13.7. The SMILES string of the molecule is COc1cc(N2CCN(C)CC2)c(C)cc1Nc1ncc(Br)c(Nc2ccc(C)cc2P(C)(C)=O)n1. The Bertz CT molecular complexity index is 1300. The van der Waals surface area contributed by atoms with Crippen molar-refractivity contribution in [2.75, 3.05) is 69.2 Å². The van der Waals surface area contributed by atoms with Gasteiger partial charge in [0.15, 0.2) is 0 Å². The maximum absolute atomic E-state index is 12.9. The number of ether oxygens (including phenoxy) is 1. The van der Waals surface area contributed by atoms with Gasteiger partial charge in [-0.25, -0.2) is 4.98 Å². The summed E-state index contributed by atoms with van der Waals surface area (Å²) in [7, 11) is 1.33. The number of benzene rings is 2. The first kappa shape index (κ1) is 26.5. The molecule has 1 fully saturated rings. The lowest BCUT2D eigenvalue weighted by molar-refractivity contribution is 0.312. The first-order valence-electron chi connectivity index (χ1n) is 11.9. The molecule has 4 rings (SSSR count). The van der Waals surface area contributed by atoms with Gasteiger partial charge >= 0.3 is 0 Å². The monoisotopic (exact) mass is 572 g/mol. The van der Waals surface area contributed by atoms with Gasteiger partial charge in [-0.2, -0.15) is 4.98 Å². The highest BCUT2D eigenvalue weighted by molar-refractivity contribution is 9.10. The van der Waals surface area contributed by atoms with Crippen molar-refractivity contribution in [3.63, 3.8) is 0 Å². The van der Waals surface area contributed by atoms with Gasteiger partial charge in [0.05, 0.1) is 23.0 Å².